The molecular weight excluding hydrogens is 378 g/mol. The van der Waals surface area contributed by atoms with Crippen LogP contribution in [0.2, 0.25) is 0 Å². The van der Waals surface area contributed by atoms with Crippen molar-refractivity contribution in [3.63, 3.8) is 0 Å². The summed E-state index contributed by atoms with van der Waals surface area (Å²) in [5, 5.41) is 9.39. The van der Waals surface area contributed by atoms with Gasteiger partial charge in [-0.3, -0.25) is 5.32 Å². The maximum absolute atomic E-state index is 12.3. The summed E-state index contributed by atoms with van der Waals surface area (Å²) in [6, 6.07) is 2.25. The third-order valence-corrected chi connectivity index (χ3v) is 4.54. The Morgan fingerprint density at radius 2 is 2.21 bits per heavy atom. The number of thiocarbonyl (C=S) groups is 1. The zero-order valence-corrected chi connectivity index (χ0v) is 17.6. The van der Waals surface area contributed by atoms with E-state index in [1.165, 1.54) is 10.7 Å². The number of carbonyl (C=O) groups is 1. The van der Waals surface area contributed by atoms with Crippen LogP contribution in [0.15, 0.2) is 17.3 Å². The lowest BCUT2D eigenvalue weighted by Gasteiger charge is -2.22. The number of anilines is 2. The fourth-order valence-corrected chi connectivity index (χ4v) is 3.20. The molecule has 1 saturated heterocycles. The number of aromatic nitrogens is 3. The predicted molar refractivity (Wildman–Crippen MR) is 112 cm³/mol. The summed E-state index contributed by atoms with van der Waals surface area (Å²) in [7, 11) is 4.15. The lowest BCUT2D eigenvalue weighted by atomic mass is 10.2. The van der Waals surface area contributed by atoms with Gasteiger partial charge in [-0.2, -0.15) is 14.6 Å². The van der Waals surface area contributed by atoms with Crippen molar-refractivity contribution in [1.29, 1.82) is 0 Å². The molecule has 0 spiro atoms. The number of nitrogens with zero attached hydrogens (tertiary/aromatic N) is 6. The zero-order chi connectivity index (χ0) is 20.5. The largest absolute Gasteiger partial charge is 0.444 e. The van der Waals surface area contributed by atoms with Crippen molar-refractivity contribution in [3.05, 3.63) is 12.3 Å². The Morgan fingerprint density at radius 1 is 1.46 bits per heavy atom. The normalized spacial score (nSPS) is 17.1. The second-order valence-electron chi connectivity index (χ2n) is 7.95. The molecule has 1 fully saturated rings. The van der Waals surface area contributed by atoms with Crippen LogP contribution in [0.25, 0.3) is 5.65 Å². The molecule has 1 aliphatic heterocycles. The number of aliphatic imine (C=N–C) groups is 1. The van der Waals surface area contributed by atoms with E-state index in [1.54, 1.807) is 6.07 Å². The van der Waals surface area contributed by atoms with Gasteiger partial charge in [0.05, 0.1) is 11.4 Å². The van der Waals surface area contributed by atoms with Crippen LogP contribution in [-0.2, 0) is 4.74 Å². The smallest absolute Gasteiger partial charge is 0.413 e. The number of carbonyl (C=O) groups excluding carboxylic acids is 1. The van der Waals surface area contributed by atoms with Crippen molar-refractivity contribution < 1.29 is 9.53 Å². The molecular formula is C18H25N7O2S. The second-order valence-corrected chi connectivity index (χ2v) is 8.13. The fourth-order valence-electron chi connectivity index (χ4n) is 3.10. The Labute approximate surface area is 169 Å². The SMILES string of the molecule is CN(C)[C@H]1CCN(c2cc(NC(=O)OC(C)(C)C)n3ncc(N=C=S)c3n2)C1. The minimum absolute atomic E-state index is 0.448. The maximum atomic E-state index is 12.3. The van der Waals surface area contributed by atoms with Crippen molar-refractivity contribution in [2.45, 2.75) is 38.8 Å². The summed E-state index contributed by atoms with van der Waals surface area (Å²) >= 11 is 4.72. The molecule has 1 aliphatic rings. The van der Waals surface area contributed by atoms with E-state index >= 15 is 0 Å². The van der Waals surface area contributed by atoms with Gasteiger partial charge in [-0.05, 0) is 53.5 Å². The fraction of sp³-hybridized carbons (Fsp3) is 0.556. The number of hydrogen-bond donors (Lipinski definition) is 1. The van der Waals surface area contributed by atoms with Crippen molar-refractivity contribution in [2.75, 3.05) is 37.4 Å². The lowest BCUT2D eigenvalue weighted by molar-refractivity contribution is 0.0635. The first kappa shape index (κ1) is 20.2. The van der Waals surface area contributed by atoms with E-state index in [-0.39, 0.29) is 0 Å². The van der Waals surface area contributed by atoms with Gasteiger partial charge in [0, 0.05) is 25.2 Å². The maximum Gasteiger partial charge on any atom is 0.413 e. The molecule has 0 aromatic carbocycles. The lowest BCUT2D eigenvalue weighted by Crippen LogP contribution is -2.32. The highest BCUT2D eigenvalue weighted by Gasteiger charge is 2.27. The van der Waals surface area contributed by atoms with E-state index in [4.69, 9.17) is 21.9 Å². The molecule has 9 nitrogen and oxygen atoms in total. The third-order valence-electron chi connectivity index (χ3n) is 4.45. The number of nitrogens with one attached hydrogen (secondary N) is 1. The van der Waals surface area contributed by atoms with E-state index in [1.807, 2.05) is 20.8 Å². The van der Waals surface area contributed by atoms with Crippen molar-refractivity contribution in [1.82, 2.24) is 19.5 Å². The first-order valence-corrected chi connectivity index (χ1v) is 9.47. The van der Waals surface area contributed by atoms with Gasteiger partial charge in [0.15, 0.2) is 5.65 Å². The highest BCUT2D eigenvalue weighted by molar-refractivity contribution is 7.78. The van der Waals surface area contributed by atoms with Crippen molar-refractivity contribution in [3.8, 4) is 0 Å². The van der Waals surface area contributed by atoms with Crippen LogP contribution >= 0.6 is 12.2 Å². The van der Waals surface area contributed by atoms with E-state index < -0.39 is 11.7 Å². The molecule has 1 N–H and O–H groups in total. The van der Waals surface area contributed by atoms with E-state index in [0.29, 0.717) is 23.2 Å². The number of fused-ring (bicyclic) bond motifs is 1. The Bertz CT molecular complexity index is 928. The van der Waals surface area contributed by atoms with Crippen LogP contribution in [0.4, 0.5) is 22.1 Å². The van der Waals surface area contributed by atoms with Gasteiger partial charge in [-0.25, -0.2) is 9.78 Å². The Balaban J connectivity index is 1.99. The molecule has 0 aliphatic carbocycles. The van der Waals surface area contributed by atoms with Gasteiger partial charge in [0.2, 0.25) is 0 Å². The average molecular weight is 404 g/mol. The van der Waals surface area contributed by atoms with Gasteiger partial charge in [0.25, 0.3) is 0 Å². The molecule has 1 atom stereocenters. The summed E-state index contributed by atoms with van der Waals surface area (Å²) in [6.07, 6.45) is 2.02. The average Bonchev–Trinajstić information content (AvgIpc) is 3.21. The Morgan fingerprint density at radius 3 is 2.82 bits per heavy atom. The van der Waals surface area contributed by atoms with Gasteiger partial charge >= 0.3 is 6.09 Å². The van der Waals surface area contributed by atoms with E-state index in [2.05, 4.69) is 44.5 Å². The number of likely N-dealkylation sites (N-methyl/N-ethyl adjacent to an activating group) is 1. The molecule has 0 bridgehead atoms. The van der Waals surface area contributed by atoms with Crippen LogP contribution in [-0.4, -0.2) is 69.6 Å². The van der Waals surface area contributed by atoms with Crippen molar-refractivity contribution >= 4 is 46.4 Å². The number of isothiocyanates is 1. The van der Waals surface area contributed by atoms with Gasteiger partial charge in [-0.1, -0.05) is 0 Å². The van der Waals surface area contributed by atoms with Crippen LogP contribution in [0.3, 0.4) is 0 Å². The number of amides is 1. The van der Waals surface area contributed by atoms with Crippen LogP contribution in [0, 0.1) is 0 Å². The van der Waals surface area contributed by atoms with Crippen LogP contribution < -0.4 is 10.2 Å². The summed E-state index contributed by atoms with van der Waals surface area (Å²) in [4.78, 5) is 25.4. The minimum atomic E-state index is -0.607. The summed E-state index contributed by atoms with van der Waals surface area (Å²) in [5.74, 6) is 1.19. The predicted octanol–water partition coefficient (Wildman–Crippen LogP) is 2.95. The molecule has 2 aromatic heterocycles. The topological polar surface area (TPSA) is 87.4 Å². The highest BCUT2D eigenvalue weighted by Crippen LogP contribution is 2.28. The van der Waals surface area contributed by atoms with Crippen molar-refractivity contribution in [2.24, 2.45) is 4.99 Å². The second kappa shape index (κ2) is 7.83. The summed E-state index contributed by atoms with van der Waals surface area (Å²) in [5.41, 5.74) is 0.380. The van der Waals surface area contributed by atoms with Gasteiger partial charge in [-0.15, -0.1) is 0 Å². The summed E-state index contributed by atoms with van der Waals surface area (Å²) in [6.45, 7) is 7.16. The van der Waals surface area contributed by atoms with E-state index in [0.717, 1.165) is 25.3 Å². The van der Waals surface area contributed by atoms with Crippen LogP contribution in [0.1, 0.15) is 27.2 Å². The van der Waals surface area contributed by atoms with Crippen LogP contribution in [0.5, 0.6) is 0 Å². The Hall–Kier alpha value is -2.55. The molecule has 0 unspecified atom stereocenters. The van der Waals surface area contributed by atoms with Gasteiger partial charge < -0.3 is 14.5 Å². The first-order chi connectivity index (χ1) is 13.2. The molecule has 3 rings (SSSR count). The number of ether oxygens (including phenoxy) is 1. The molecule has 150 valence electrons. The molecule has 3 heterocycles. The first-order valence-electron chi connectivity index (χ1n) is 9.06. The Kier molecular flexibility index (Phi) is 5.64. The van der Waals surface area contributed by atoms with E-state index in [9.17, 15) is 4.79 Å². The number of rotatable bonds is 4. The third kappa shape index (κ3) is 4.46. The molecule has 2 aromatic rings. The quantitative estimate of drug-likeness (QED) is 0.620. The molecule has 10 heteroatoms. The molecule has 1 amide bonds. The number of hydrogen-bond acceptors (Lipinski definition) is 8. The zero-order valence-electron chi connectivity index (χ0n) is 16.8. The summed E-state index contributed by atoms with van der Waals surface area (Å²) < 4.78 is 6.89. The molecule has 28 heavy (non-hydrogen) atoms. The molecule has 0 radical (unpaired) electrons. The standard InChI is InChI=1S/C18H25N7O2S/c1-18(2,3)27-17(26)22-15-8-14(24-7-6-12(10-24)23(4)5)21-16-13(19-11-28)9-20-25(15)16/h8-9,12H,6-7,10H2,1-5H3,(H,22,26)/t12-/m0/s1. The molecule has 0 saturated carbocycles. The minimum Gasteiger partial charge on any atom is -0.444 e. The monoisotopic (exact) mass is 403 g/mol. The highest BCUT2D eigenvalue weighted by atomic mass is 32.1. The van der Waals surface area contributed by atoms with Gasteiger partial charge in [0.1, 0.15) is 22.9 Å².